The second-order valence-corrected chi connectivity index (χ2v) is 8.52. The molecule has 0 bridgehead atoms. The first-order chi connectivity index (χ1) is 17.7. The molecule has 1 unspecified atom stereocenters. The summed E-state index contributed by atoms with van der Waals surface area (Å²) in [5.41, 5.74) is 3.44. The molecule has 0 aliphatic carbocycles. The highest BCUT2D eigenvalue weighted by Crippen LogP contribution is 2.41. The van der Waals surface area contributed by atoms with Gasteiger partial charge in [-0.25, -0.2) is 5.10 Å². The van der Waals surface area contributed by atoms with E-state index >= 15 is 0 Å². The number of rotatable bonds is 9. The van der Waals surface area contributed by atoms with Crippen molar-refractivity contribution >= 4 is 11.6 Å². The summed E-state index contributed by atoms with van der Waals surface area (Å²) in [6.45, 7) is 2.92. The van der Waals surface area contributed by atoms with Gasteiger partial charge in [0.25, 0.3) is 5.91 Å². The number of aromatic amines is 1. The summed E-state index contributed by atoms with van der Waals surface area (Å²) in [6, 6.07) is 20.9. The Balaban J connectivity index is 1.19. The minimum atomic E-state index is -0.505. The van der Waals surface area contributed by atoms with Crippen LogP contribution in [0.1, 0.15) is 53.2 Å². The largest absolute Gasteiger partial charge is 0.489 e. The molecule has 9 heteroatoms. The highest BCUT2D eigenvalue weighted by molar-refractivity contribution is 6.05. The van der Waals surface area contributed by atoms with Crippen LogP contribution < -0.4 is 19.5 Å². The molecule has 1 atom stereocenters. The van der Waals surface area contributed by atoms with Gasteiger partial charge in [-0.05, 0) is 70.8 Å². The van der Waals surface area contributed by atoms with Gasteiger partial charge in [0.1, 0.15) is 19.0 Å². The zero-order chi connectivity index (χ0) is 24.7. The second kappa shape index (κ2) is 10.9. The van der Waals surface area contributed by atoms with Crippen molar-refractivity contribution in [3.8, 4) is 17.2 Å². The number of hydrogen-bond acceptors (Lipinski definition) is 7. The van der Waals surface area contributed by atoms with Crippen LogP contribution in [0.3, 0.4) is 0 Å². The van der Waals surface area contributed by atoms with E-state index in [0.717, 1.165) is 12.0 Å². The number of anilines is 1. The number of benzene rings is 3. The molecule has 184 valence electrons. The number of unbranched alkanes of at least 4 members (excludes halogenated alkanes) is 1. The normalized spacial score (nSPS) is 14.3. The van der Waals surface area contributed by atoms with Crippen LogP contribution in [0.5, 0.6) is 17.2 Å². The number of carbonyl (C=O) groups is 1. The number of fused-ring (bicyclic) bond motifs is 1. The van der Waals surface area contributed by atoms with E-state index in [1.807, 2.05) is 0 Å². The van der Waals surface area contributed by atoms with E-state index in [4.69, 9.17) is 14.2 Å². The molecule has 0 spiro atoms. The number of amides is 1. The zero-order valence-corrected chi connectivity index (χ0v) is 19.9. The van der Waals surface area contributed by atoms with Crippen molar-refractivity contribution in [1.82, 2.24) is 20.6 Å². The second-order valence-electron chi connectivity index (χ2n) is 8.52. The number of nitrogens with one attached hydrogen (secondary N) is 2. The number of aryl methyl sites for hydroxylation is 1. The summed E-state index contributed by atoms with van der Waals surface area (Å²) < 4.78 is 17.7. The molecule has 9 nitrogen and oxygen atoms in total. The van der Waals surface area contributed by atoms with Gasteiger partial charge in [0, 0.05) is 5.56 Å². The SMILES string of the molecule is CCCCc1ccc(COc2ccc(C(=O)Nc3cccc4c3OC(c3nnn[nH]3)CO4)cc2)cc1. The minimum absolute atomic E-state index is 0.256. The molecule has 0 fully saturated rings. The first-order valence-corrected chi connectivity index (χ1v) is 12.0. The van der Waals surface area contributed by atoms with Gasteiger partial charge >= 0.3 is 0 Å². The van der Waals surface area contributed by atoms with Gasteiger partial charge in [-0.2, -0.15) is 0 Å². The Morgan fingerprint density at radius 1 is 1.08 bits per heavy atom. The van der Waals surface area contributed by atoms with Crippen molar-refractivity contribution < 1.29 is 19.0 Å². The van der Waals surface area contributed by atoms with Gasteiger partial charge in [0.2, 0.25) is 0 Å². The van der Waals surface area contributed by atoms with E-state index in [1.165, 1.54) is 18.4 Å². The van der Waals surface area contributed by atoms with Crippen LogP contribution in [0.25, 0.3) is 0 Å². The summed E-state index contributed by atoms with van der Waals surface area (Å²) >= 11 is 0. The number of carbonyl (C=O) groups excluding carboxylic acids is 1. The average molecular weight is 486 g/mol. The molecule has 1 aliphatic rings. The Morgan fingerprint density at radius 3 is 2.64 bits per heavy atom. The van der Waals surface area contributed by atoms with E-state index in [-0.39, 0.29) is 12.5 Å². The third kappa shape index (κ3) is 5.46. The number of nitrogens with zero attached hydrogens (tertiary/aromatic N) is 3. The lowest BCUT2D eigenvalue weighted by Gasteiger charge is -2.26. The lowest BCUT2D eigenvalue weighted by molar-refractivity contribution is 0.0856. The summed E-state index contributed by atoms with van der Waals surface area (Å²) in [7, 11) is 0. The van der Waals surface area contributed by atoms with Gasteiger partial charge < -0.3 is 19.5 Å². The number of hydrogen-bond donors (Lipinski definition) is 2. The van der Waals surface area contributed by atoms with Crippen molar-refractivity contribution in [1.29, 1.82) is 0 Å². The maximum Gasteiger partial charge on any atom is 0.255 e. The van der Waals surface area contributed by atoms with Crippen LogP contribution in [0.4, 0.5) is 5.69 Å². The molecule has 2 heterocycles. The summed E-state index contributed by atoms with van der Waals surface area (Å²) in [6.07, 6.45) is 2.99. The lowest BCUT2D eigenvalue weighted by atomic mass is 10.1. The van der Waals surface area contributed by atoms with Gasteiger partial charge in [-0.15, -0.1) is 5.10 Å². The van der Waals surface area contributed by atoms with Crippen LogP contribution >= 0.6 is 0 Å². The van der Waals surface area contributed by atoms with Gasteiger partial charge in [-0.1, -0.05) is 43.7 Å². The quantitative estimate of drug-likeness (QED) is 0.347. The number of H-pyrrole nitrogens is 1. The monoisotopic (exact) mass is 485 g/mol. The molecule has 2 N–H and O–H groups in total. The van der Waals surface area contributed by atoms with Crippen molar-refractivity contribution in [2.24, 2.45) is 0 Å². The highest BCUT2D eigenvalue weighted by atomic mass is 16.6. The van der Waals surface area contributed by atoms with Crippen LogP contribution in [0, 0.1) is 0 Å². The number of tetrazole rings is 1. The third-order valence-electron chi connectivity index (χ3n) is 5.91. The molecule has 5 rings (SSSR count). The van der Waals surface area contributed by atoms with Crippen molar-refractivity contribution in [3.63, 3.8) is 0 Å². The molecular formula is C27H27N5O4. The van der Waals surface area contributed by atoms with Gasteiger partial charge in [0.05, 0.1) is 5.69 Å². The van der Waals surface area contributed by atoms with E-state index in [9.17, 15) is 4.79 Å². The van der Waals surface area contributed by atoms with Crippen LogP contribution in [0.15, 0.2) is 66.7 Å². The number of para-hydroxylation sites is 1. The van der Waals surface area contributed by atoms with E-state index in [1.54, 1.807) is 42.5 Å². The molecule has 1 aliphatic heterocycles. The standard InChI is InChI=1S/C27H27N5O4/c1-2-3-5-18-8-10-19(11-9-18)16-34-21-14-12-20(13-15-21)27(33)28-22-6-4-7-23-25(22)36-24(17-35-23)26-29-31-32-30-26/h4,6-15,24H,2-3,5,16-17H2,1H3,(H,28,33)(H,29,30,31,32). The summed E-state index contributed by atoms with van der Waals surface area (Å²) in [5, 5.41) is 16.6. The van der Waals surface area contributed by atoms with Gasteiger partial charge in [0.15, 0.2) is 23.4 Å². The average Bonchev–Trinajstić information content (AvgIpc) is 3.47. The molecule has 1 amide bonds. The first kappa shape index (κ1) is 23.3. The molecule has 3 aromatic carbocycles. The Hall–Kier alpha value is -4.40. The summed E-state index contributed by atoms with van der Waals surface area (Å²) in [4.78, 5) is 12.9. The van der Waals surface area contributed by atoms with Crippen LogP contribution in [-0.4, -0.2) is 33.1 Å². The topological polar surface area (TPSA) is 111 Å². The Morgan fingerprint density at radius 2 is 1.89 bits per heavy atom. The van der Waals surface area contributed by atoms with Crippen molar-refractivity contribution in [2.45, 2.75) is 38.9 Å². The fourth-order valence-corrected chi connectivity index (χ4v) is 3.88. The predicted octanol–water partition coefficient (Wildman–Crippen LogP) is 4.89. The number of aromatic nitrogens is 4. The number of ether oxygens (including phenoxy) is 3. The summed E-state index contributed by atoms with van der Waals surface area (Å²) in [5.74, 6) is 1.84. The van der Waals surface area contributed by atoms with Crippen LogP contribution in [0.2, 0.25) is 0 Å². The van der Waals surface area contributed by atoms with E-state index in [0.29, 0.717) is 40.9 Å². The van der Waals surface area contributed by atoms with E-state index in [2.05, 4.69) is 57.1 Å². The first-order valence-electron chi connectivity index (χ1n) is 12.0. The molecule has 1 aromatic heterocycles. The van der Waals surface area contributed by atoms with E-state index < -0.39 is 6.10 Å². The zero-order valence-electron chi connectivity index (χ0n) is 19.9. The molecule has 0 saturated heterocycles. The molecular weight excluding hydrogens is 458 g/mol. The minimum Gasteiger partial charge on any atom is -0.489 e. The van der Waals surface area contributed by atoms with Crippen molar-refractivity contribution in [3.05, 3.63) is 89.2 Å². The lowest BCUT2D eigenvalue weighted by Crippen LogP contribution is -2.24. The van der Waals surface area contributed by atoms with Gasteiger partial charge in [-0.3, -0.25) is 4.79 Å². The fourth-order valence-electron chi connectivity index (χ4n) is 3.88. The smallest absolute Gasteiger partial charge is 0.255 e. The molecule has 36 heavy (non-hydrogen) atoms. The van der Waals surface area contributed by atoms with Crippen LogP contribution in [-0.2, 0) is 13.0 Å². The Labute approximate surface area is 208 Å². The molecule has 0 saturated carbocycles. The highest BCUT2D eigenvalue weighted by Gasteiger charge is 2.28. The Bertz CT molecular complexity index is 1290. The third-order valence-corrected chi connectivity index (χ3v) is 5.91. The molecule has 0 radical (unpaired) electrons. The maximum atomic E-state index is 12.9. The Kier molecular flexibility index (Phi) is 7.07. The van der Waals surface area contributed by atoms with Crippen molar-refractivity contribution in [2.75, 3.05) is 11.9 Å². The predicted molar refractivity (Wildman–Crippen MR) is 133 cm³/mol. The maximum absolute atomic E-state index is 12.9. The molecule has 4 aromatic rings. The fraction of sp³-hybridized carbons (Fsp3) is 0.259.